The van der Waals surface area contributed by atoms with Gasteiger partial charge in [-0.25, -0.2) is 0 Å². The molecule has 0 radical (unpaired) electrons. The lowest BCUT2D eigenvalue weighted by molar-refractivity contribution is -0.130. The van der Waals surface area contributed by atoms with Crippen molar-refractivity contribution in [2.45, 2.75) is 134 Å². The van der Waals surface area contributed by atoms with E-state index in [1.54, 1.807) is 0 Å². The zero-order valence-corrected chi connectivity index (χ0v) is 18.8. The largest absolute Gasteiger partial charge is 0.296 e. The molecular formula is C23H43B2NO2. The van der Waals surface area contributed by atoms with Crippen molar-refractivity contribution in [3.63, 3.8) is 0 Å². The molecule has 1 aliphatic carbocycles. The molecule has 2 amide bonds. The summed E-state index contributed by atoms with van der Waals surface area (Å²) in [5.74, 6) is -0.166. The van der Waals surface area contributed by atoms with Gasteiger partial charge in [0.05, 0.1) is 14.3 Å². The summed E-state index contributed by atoms with van der Waals surface area (Å²) in [7, 11) is 2.56. The highest BCUT2D eigenvalue weighted by Crippen LogP contribution is 2.43. The van der Waals surface area contributed by atoms with Gasteiger partial charge in [0.25, 0.3) is 0 Å². The molecule has 0 aromatic carbocycles. The monoisotopic (exact) mass is 387 g/mol. The van der Waals surface area contributed by atoms with E-state index < -0.39 is 0 Å². The van der Waals surface area contributed by atoms with Crippen LogP contribution in [0.5, 0.6) is 0 Å². The third kappa shape index (κ3) is 9.18. The zero-order valence-electron chi connectivity index (χ0n) is 18.8. The van der Waals surface area contributed by atoms with E-state index in [0.29, 0.717) is 18.2 Å². The second-order valence-corrected chi connectivity index (χ2v) is 10.5. The Kier molecular flexibility index (Phi) is 10.2. The van der Waals surface area contributed by atoms with Crippen molar-refractivity contribution in [2.24, 2.45) is 0 Å². The lowest BCUT2D eigenvalue weighted by Crippen LogP contribution is -2.34. The van der Waals surface area contributed by atoms with Crippen molar-refractivity contribution in [3.05, 3.63) is 0 Å². The third-order valence-corrected chi connectivity index (χ3v) is 7.54. The molecule has 1 saturated heterocycles. The number of imide groups is 1. The molecule has 2 rings (SSSR count). The van der Waals surface area contributed by atoms with E-state index >= 15 is 0 Å². The summed E-state index contributed by atoms with van der Waals surface area (Å²) < 4.78 is 0. The fourth-order valence-electron chi connectivity index (χ4n) is 5.33. The number of carbonyl (C=O) groups excluding carboxylic acids is 2. The Balaban J connectivity index is 1.91. The normalized spacial score (nSPS) is 25.5. The van der Waals surface area contributed by atoms with Gasteiger partial charge in [-0.1, -0.05) is 108 Å². The Morgan fingerprint density at radius 3 is 1.29 bits per heavy atom. The van der Waals surface area contributed by atoms with Crippen molar-refractivity contribution >= 4 is 26.2 Å². The van der Waals surface area contributed by atoms with E-state index in [1.807, 2.05) is 0 Å². The number of carbonyl (C=O) groups is 2. The first-order valence-corrected chi connectivity index (χ1v) is 12.2. The van der Waals surface area contributed by atoms with Crippen LogP contribution in [0.1, 0.15) is 123 Å². The van der Waals surface area contributed by atoms with E-state index in [4.69, 9.17) is 0 Å². The van der Waals surface area contributed by atoms with E-state index in [0.717, 1.165) is 25.7 Å². The summed E-state index contributed by atoms with van der Waals surface area (Å²) in [6.45, 7) is 4.95. The summed E-state index contributed by atoms with van der Waals surface area (Å²) in [6.07, 6.45) is 20.5. The molecule has 1 aliphatic heterocycles. The summed E-state index contributed by atoms with van der Waals surface area (Å²) in [4.78, 5) is 23.7. The fourth-order valence-corrected chi connectivity index (χ4v) is 5.33. The molecule has 158 valence electrons. The summed E-state index contributed by atoms with van der Waals surface area (Å²) in [6, 6.07) is 0. The summed E-state index contributed by atoms with van der Waals surface area (Å²) >= 11 is 0. The molecule has 0 bridgehead atoms. The van der Waals surface area contributed by atoms with Crippen molar-refractivity contribution < 1.29 is 9.59 Å². The van der Waals surface area contributed by atoms with Crippen molar-refractivity contribution in [3.8, 4) is 0 Å². The lowest BCUT2D eigenvalue weighted by Gasteiger charge is -2.36. The van der Waals surface area contributed by atoms with Crippen LogP contribution in [-0.4, -0.2) is 26.2 Å². The topological polar surface area (TPSA) is 46.2 Å². The van der Waals surface area contributed by atoms with Gasteiger partial charge in [-0.3, -0.25) is 14.9 Å². The van der Waals surface area contributed by atoms with Crippen LogP contribution in [0.3, 0.4) is 0 Å². The van der Waals surface area contributed by atoms with Gasteiger partial charge in [0, 0.05) is 12.8 Å². The van der Waals surface area contributed by atoms with Crippen LogP contribution in [0.25, 0.3) is 0 Å². The highest BCUT2D eigenvalue weighted by Gasteiger charge is 2.32. The third-order valence-electron chi connectivity index (χ3n) is 7.54. The Morgan fingerprint density at radius 1 is 0.571 bits per heavy atom. The van der Waals surface area contributed by atoms with E-state index in [1.165, 1.54) is 85.0 Å². The molecule has 1 N–H and O–H groups in total. The maximum atomic E-state index is 11.8. The van der Waals surface area contributed by atoms with Crippen molar-refractivity contribution in [1.29, 1.82) is 0 Å². The first-order chi connectivity index (χ1) is 13.4. The average molecular weight is 387 g/mol. The van der Waals surface area contributed by atoms with Gasteiger partial charge in [0.1, 0.15) is 0 Å². The van der Waals surface area contributed by atoms with Gasteiger partial charge in [-0.2, -0.15) is 0 Å². The number of amides is 2. The molecule has 0 aromatic rings. The Bertz CT molecular complexity index is 463. The molecule has 2 aliphatic rings. The van der Waals surface area contributed by atoms with Gasteiger partial charge in [0.2, 0.25) is 11.8 Å². The Hall–Kier alpha value is -0.730. The molecule has 3 nitrogen and oxygen atoms in total. The molecule has 1 saturated carbocycles. The maximum absolute atomic E-state index is 11.8. The maximum Gasteiger partial charge on any atom is 0.226 e. The Labute approximate surface area is 175 Å². The summed E-state index contributed by atoms with van der Waals surface area (Å²) in [5, 5.41) is 3.28. The molecule has 2 fully saturated rings. The number of hydrogen-bond donors (Lipinski definition) is 1. The number of nitrogens with one attached hydrogen (secondary N) is 1. The minimum atomic E-state index is -0.0828. The van der Waals surface area contributed by atoms with Crippen LogP contribution in [0.15, 0.2) is 0 Å². The van der Waals surface area contributed by atoms with Crippen molar-refractivity contribution in [1.82, 2.24) is 5.32 Å². The zero-order chi connectivity index (χ0) is 20.3. The van der Waals surface area contributed by atoms with Gasteiger partial charge in [0.15, 0.2) is 0 Å². The molecular weight excluding hydrogens is 344 g/mol. The highest BCUT2D eigenvalue weighted by atomic mass is 16.2. The fraction of sp³-hybridized carbons (Fsp3) is 0.913. The van der Waals surface area contributed by atoms with Crippen LogP contribution in [0.4, 0.5) is 0 Å². The van der Waals surface area contributed by atoms with E-state index in [9.17, 15) is 9.59 Å². The second-order valence-electron chi connectivity index (χ2n) is 10.5. The predicted molar refractivity (Wildman–Crippen MR) is 123 cm³/mol. The molecule has 28 heavy (non-hydrogen) atoms. The predicted octanol–water partition coefficient (Wildman–Crippen LogP) is 5.43. The molecule has 0 unspecified atom stereocenters. The minimum absolute atomic E-state index is 0.0828. The smallest absolute Gasteiger partial charge is 0.226 e. The Morgan fingerprint density at radius 2 is 0.893 bits per heavy atom. The summed E-state index contributed by atoms with van der Waals surface area (Å²) in [5.41, 5.74) is 0. The quantitative estimate of drug-likeness (QED) is 0.518. The minimum Gasteiger partial charge on any atom is -0.296 e. The van der Waals surface area contributed by atoms with E-state index in [2.05, 4.69) is 19.2 Å². The molecule has 5 heteroatoms. The number of rotatable bonds is 3. The van der Waals surface area contributed by atoms with Gasteiger partial charge < -0.3 is 0 Å². The van der Waals surface area contributed by atoms with Crippen LogP contribution in [-0.2, 0) is 9.59 Å². The van der Waals surface area contributed by atoms with Gasteiger partial charge >= 0.3 is 0 Å². The lowest BCUT2D eigenvalue weighted by atomic mass is 9.20. The second kappa shape index (κ2) is 12.1. The number of hydrogen-bond acceptors (Lipinski definition) is 2. The molecule has 0 aromatic heterocycles. The van der Waals surface area contributed by atoms with Crippen LogP contribution in [0.2, 0.25) is 10.6 Å². The standard InChI is InChI=1S/C23H43B2NO2/c1-22(16-10-8-6-4-3-5-7-9-11-17-22)24-25-23(2)18-12-14-20(27)26-21(28)15-13-19-23/h24-25H,3-19H2,1-2H3,(H,26,27,28). The van der Waals surface area contributed by atoms with E-state index in [-0.39, 0.29) is 17.1 Å². The highest BCUT2D eigenvalue weighted by molar-refractivity contribution is 7.03. The van der Waals surface area contributed by atoms with Crippen LogP contribution in [0, 0.1) is 0 Å². The first kappa shape index (κ1) is 23.5. The van der Waals surface area contributed by atoms with Crippen LogP contribution >= 0.6 is 0 Å². The van der Waals surface area contributed by atoms with Gasteiger partial charge in [-0.05, 0) is 12.8 Å². The molecule has 0 spiro atoms. The van der Waals surface area contributed by atoms with Crippen molar-refractivity contribution in [2.75, 3.05) is 0 Å². The van der Waals surface area contributed by atoms with Crippen LogP contribution < -0.4 is 5.32 Å². The molecule has 0 atom stereocenters. The SMILES string of the molecule is CC1(BBC2(C)CCCC(=O)NC(=O)CCC2)CCCCCCCCCCC1. The first-order valence-electron chi connectivity index (χ1n) is 12.2. The molecule has 1 heterocycles. The average Bonchev–Trinajstić information content (AvgIpc) is 2.63. The van der Waals surface area contributed by atoms with Gasteiger partial charge in [-0.15, -0.1) is 0 Å².